The van der Waals surface area contributed by atoms with E-state index in [0.717, 1.165) is 36.1 Å². The summed E-state index contributed by atoms with van der Waals surface area (Å²) in [5.74, 6) is 1.73. The number of rotatable bonds is 4. The van der Waals surface area contributed by atoms with Crippen LogP contribution in [-0.4, -0.2) is 22.6 Å². The van der Waals surface area contributed by atoms with Gasteiger partial charge in [0.15, 0.2) is 0 Å². The van der Waals surface area contributed by atoms with Gasteiger partial charge in [-0.15, -0.1) is 0 Å². The average Bonchev–Trinajstić information content (AvgIpc) is 2.98. The molecule has 4 nitrogen and oxygen atoms in total. The molecule has 0 spiro atoms. The fraction of sp³-hybridized carbons (Fsp3) is 0.273. The number of aromatic nitrogens is 2. The first-order valence-electron chi connectivity index (χ1n) is 9.22. The number of anilines is 4. The van der Waals surface area contributed by atoms with Crippen LogP contribution in [0.3, 0.4) is 0 Å². The summed E-state index contributed by atoms with van der Waals surface area (Å²) in [6.07, 6.45) is 1.03. The van der Waals surface area contributed by atoms with Gasteiger partial charge in [0.2, 0.25) is 5.95 Å². The van der Waals surface area contributed by atoms with Gasteiger partial charge in [0, 0.05) is 35.7 Å². The van der Waals surface area contributed by atoms with Gasteiger partial charge in [-0.25, -0.2) is 4.98 Å². The summed E-state index contributed by atoms with van der Waals surface area (Å²) in [5.41, 5.74) is 4.71. The topological polar surface area (TPSA) is 32.3 Å². The summed E-state index contributed by atoms with van der Waals surface area (Å²) >= 11 is 0. The quantitative estimate of drug-likeness (QED) is 0.665. The van der Waals surface area contributed by atoms with Crippen LogP contribution in [0.1, 0.15) is 25.1 Å². The maximum Gasteiger partial charge on any atom is 0.232 e. The van der Waals surface area contributed by atoms with Gasteiger partial charge in [-0.1, -0.05) is 36.4 Å². The molecule has 1 atom stereocenters. The molecule has 0 fully saturated rings. The number of fused-ring (bicyclic) bond motifs is 1. The summed E-state index contributed by atoms with van der Waals surface area (Å²) in [7, 11) is 0. The van der Waals surface area contributed by atoms with Crippen molar-refractivity contribution in [3.63, 3.8) is 0 Å². The summed E-state index contributed by atoms with van der Waals surface area (Å²) in [6, 6.07) is 21.4. The van der Waals surface area contributed by atoms with Crippen LogP contribution in [0.4, 0.5) is 23.1 Å². The van der Waals surface area contributed by atoms with E-state index in [2.05, 4.69) is 78.2 Å². The van der Waals surface area contributed by atoms with E-state index in [9.17, 15) is 0 Å². The molecule has 0 aliphatic carbocycles. The molecule has 3 aromatic rings. The number of para-hydroxylation sites is 2. The highest BCUT2D eigenvalue weighted by Gasteiger charge is 2.29. The van der Waals surface area contributed by atoms with E-state index in [1.807, 2.05) is 13.0 Å². The van der Waals surface area contributed by atoms with Crippen LogP contribution in [0, 0.1) is 6.92 Å². The fourth-order valence-electron chi connectivity index (χ4n) is 3.74. The minimum absolute atomic E-state index is 0.355. The first-order chi connectivity index (χ1) is 12.7. The van der Waals surface area contributed by atoms with E-state index in [1.165, 1.54) is 11.3 Å². The zero-order valence-electron chi connectivity index (χ0n) is 15.6. The molecule has 1 aliphatic rings. The van der Waals surface area contributed by atoms with Crippen molar-refractivity contribution in [3.8, 4) is 0 Å². The number of nitrogens with zero attached hydrogens (tertiary/aromatic N) is 4. The average molecular weight is 344 g/mol. The van der Waals surface area contributed by atoms with Gasteiger partial charge in [-0.2, -0.15) is 4.98 Å². The molecule has 0 saturated heterocycles. The van der Waals surface area contributed by atoms with Gasteiger partial charge in [0.1, 0.15) is 5.82 Å². The lowest BCUT2D eigenvalue weighted by Gasteiger charge is -2.27. The third-order valence-electron chi connectivity index (χ3n) is 4.91. The van der Waals surface area contributed by atoms with Crippen molar-refractivity contribution in [2.45, 2.75) is 33.2 Å². The summed E-state index contributed by atoms with van der Waals surface area (Å²) in [5, 5.41) is 0. The Balaban J connectivity index is 1.78. The molecule has 0 N–H and O–H groups in total. The molecule has 0 bridgehead atoms. The van der Waals surface area contributed by atoms with E-state index in [4.69, 9.17) is 9.97 Å². The van der Waals surface area contributed by atoms with Crippen LogP contribution in [0.2, 0.25) is 0 Å². The Morgan fingerprint density at radius 2 is 1.77 bits per heavy atom. The van der Waals surface area contributed by atoms with Gasteiger partial charge >= 0.3 is 0 Å². The SMILES string of the molecule is CCN(c1ccccc1)c1cc(C)nc(N2c3ccccc3CC2C)n1. The first-order valence-corrected chi connectivity index (χ1v) is 9.22. The molecular formula is C22H24N4. The lowest BCUT2D eigenvalue weighted by atomic mass is 10.1. The van der Waals surface area contributed by atoms with Gasteiger partial charge < -0.3 is 9.80 Å². The number of benzene rings is 2. The second-order valence-electron chi connectivity index (χ2n) is 6.80. The standard InChI is InChI=1S/C22H24N4/c1-4-25(19-11-6-5-7-12-19)21-14-16(2)23-22(24-21)26-17(3)15-18-10-8-9-13-20(18)26/h5-14,17H,4,15H2,1-3H3. The Labute approximate surface area is 155 Å². The molecule has 132 valence electrons. The van der Waals surface area contributed by atoms with E-state index in [0.29, 0.717) is 6.04 Å². The van der Waals surface area contributed by atoms with Gasteiger partial charge in [0.05, 0.1) is 0 Å². The summed E-state index contributed by atoms with van der Waals surface area (Å²) < 4.78 is 0. The summed E-state index contributed by atoms with van der Waals surface area (Å²) in [4.78, 5) is 14.2. The lowest BCUT2D eigenvalue weighted by Crippen LogP contribution is -2.27. The maximum absolute atomic E-state index is 4.95. The van der Waals surface area contributed by atoms with Crippen LogP contribution in [0.5, 0.6) is 0 Å². The molecule has 2 aromatic carbocycles. The van der Waals surface area contributed by atoms with Crippen molar-refractivity contribution in [1.82, 2.24) is 9.97 Å². The van der Waals surface area contributed by atoms with Crippen molar-refractivity contribution in [2.24, 2.45) is 0 Å². The smallest absolute Gasteiger partial charge is 0.232 e. The zero-order chi connectivity index (χ0) is 18.1. The minimum Gasteiger partial charge on any atom is -0.326 e. The van der Waals surface area contributed by atoms with Crippen LogP contribution < -0.4 is 9.80 Å². The Kier molecular flexibility index (Phi) is 4.33. The highest BCUT2D eigenvalue weighted by atomic mass is 15.3. The number of hydrogen-bond donors (Lipinski definition) is 0. The molecule has 0 radical (unpaired) electrons. The predicted octanol–water partition coefficient (Wildman–Crippen LogP) is 5.03. The molecule has 2 heterocycles. The minimum atomic E-state index is 0.355. The molecule has 4 rings (SSSR count). The highest BCUT2D eigenvalue weighted by molar-refractivity contribution is 5.69. The van der Waals surface area contributed by atoms with E-state index in [-0.39, 0.29) is 0 Å². The molecular weight excluding hydrogens is 320 g/mol. The van der Waals surface area contributed by atoms with Crippen LogP contribution in [0.25, 0.3) is 0 Å². The third-order valence-corrected chi connectivity index (χ3v) is 4.91. The van der Waals surface area contributed by atoms with Gasteiger partial charge in [-0.05, 0) is 51.0 Å². The fourth-order valence-corrected chi connectivity index (χ4v) is 3.74. The van der Waals surface area contributed by atoms with E-state index < -0.39 is 0 Å². The predicted molar refractivity (Wildman–Crippen MR) is 108 cm³/mol. The largest absolute Gasteiger partial charge is 0.326 e. The second-order valence-corrected chi connectivity index (χ2v) is 6.80. The van der Waals surface area contributed by atoms with E-state index >= 15 is 0 Å². The van der Waals surface area contributed by atoms with Crippen LogP contribution in [-0.2, 0) is 6.42 Å². The molecule has 0 saturated carbocycles. The molecule has 1 aliphatic heterocycles. The zero-order valence-corrected chi connectivity index (χ0v) is 15.6. The normalized spacial score (nSPS) is 15.8. The Morgan fingerprint density at radius 3 is 2.54 bits per heavy atom. The Hall–Kier alpha value is -2.88. The van der Waals surface area contributed by atoms with Crippen molar-refractivity contribution >= 4 is 23.1 Å². The number of hydrogen-bond acceptors (Lipinski definition) is 4. The molecule has 1 aromatic heterocycles. The number of aryl methyl sites for hydroxylation is 1. The van der Waals surface area contributed by atoms with Crippen molar-refractivity contribution in [2.75, 3.05) is 16.3 Å². The molecule has 26 heavy (non-hydrogen) atoms. The third kappa shape index (κ3) is 2.92. The molecule has 1 unspecified atom stereocenters. The molecule has 4 heteroatoms. The van der Waals surface area contributed by atoms with Gasteiger partial charge in [-0.3, -0.25) is 0 Å². The molecule has 0 amide bonds. The lowest BCUT2D eigenvalue weighted by molar-refractivity contribution is 0.737. The van der Waals surface area contributed by atoms with Crippen molar-refractivity contribution < 1.29 is 0 Å². The van der Waals surface area contributed by atoms with E-state index in [1.54, 1.807) is 0 Å². The van der Waals surface area contributed by atoms with Crippen LogP contribution in [0.15, 0.2) is 60.7 Å². The monoisotopic (exact) mass is 344 g/mol. The van der Waals surface area contributed by atoms with Crippen molar-refractivity contribution in [1.29, 1.82) is 0 Å². The highest BCUT2D eigenvalue weighted by Crippen LogP contribution is 2.37. The van der Waals surface area contributed by atoms with Crippen LogP contribution >= 0.6 is 0 Å². The van der Waals surface area contributed by atoms with Crippen molar-refractivity contribution in [3.05, 3.63) is 71.9 Å². The Morgan fingerprint density at radius 1 is 1.04 bits per heavy atom. The van der Waals surface area contributed by atoms with Gasteiger partial charge in [0.25, 0.3) is 0 Å². The maximum atomic E-state index is 4.95. The Bertz CT molecular complexity index is 907. The summed E-state index contributed by atoms with van der Waals surface area (Å²) in [6.45, 7) is 7.28. The first kappa shape index (κ1) is 16.6. The second kappa shape index (κ2) is 6.79.